The molecule has 2 aromatic carbocycles. The summed E-state index contributed by atoms with van der Waals surface area (Å²) >= 11 is 0. The molecule has 1 fully saturated rings. The Labute approximate surface area is 151 Å². The molecular weight excluding hydrogens is 328 g/mol. The van der Waals surface area contributed by atoms with E-state index in [4.69, 9.17) is 0 Å². The molecule has 2 nitrogen and oxygen atoms in total. The summed E-state index contributed by atoms with van der Waals surface area (Å²) in [7, 11) is -3.36. The summed E-state index contributed by atoms with van der Waals surface area (Å²) in [5, 5.41) is -0.396. The van der Waals surface area contributed by atoms with E-state index in [1.54, 1.807) is 12.1 Å². The van der Waals surface area contributed by atoms with Crippen LogP contribution in [0.2, 0.25) is 0 Å². The molecule has 0 saturated heterocycles. The zero-order valence-corrected chi connectivity index (χ0v) is 15.8. The van der Waals surface area contributed by atoms with E-state index in [0.29, 0.717) is 17.2 Å². The van der Waals surface area contributed by atoms with Crippen LogP contribution in [-0.4, -0.2) is 13.7 Å². The van der Waals surface area contributed by atoms with Crippen LogP contribution in [0.4, 0.5) is 0 Å². The maximum atomic E-state index is 13.3. The Morgan fingerprint density at radius 2 is 1.48 bits per heavy atom. The molecule has 0 aromatic heterocycles. The Balaban J connectivity index is 1.92. The van der Waals surface area contributed by atoms with Gasteiger partial charge in [0.15, 0.2) is 9.84 Å². The van der Waals surface area contributed by atoms with Gasteiger partial charge in [-0.1, -0.05) is 53.6 Å². The molecule has 0 bridgehead atoms. The van der Waals surface area contributed by atoms with Gasteiger partial charge in [0, 0.05) is 0 Å². The lowest BCUT2D eigenvalue weighted by Gasteiger charge is -2.34. The second-order valence-electron chi connectivity index (χ2n) is 7.22. The Kier molecular flexibility index (Phi) is 5.14. The molecule has 0 N–H and O–H groups in total. The summed E-state index contributed by atoms with van der Waals surface area (Å²) in [6.07, 6.45) is 4.38. The van der Waals surface area contributed by atoms with Gasteiger partial charge in [0.2, 0.25) is 0 Å². The third-order valence-corrected chi connectivity index (χ3v) is 7.71. The first-order valence-electron chi connectivity index (χ1n) is 8.91. The normalized spacial score (nSPS) is 24.0. The molecule has 1 saturated carbocycles. The fourth-order valence-corrected chi connectivity index (χ4v) is 5.88. The number of benzene rings is 2. The highest BCUT2D eigenvalue weighted by molar-refractivity contribution is 7.92. The molecule has 1 aliphatic rings. The average molecular weight is 355 g/mol. The quantitative estimate of drug-likeness (QED) is 0.706. The molecule has 132 valence electrons. The van der Waals surface area contributed by atoms with Crippen molar-refractivity contribution in [3.05, 3.63) is 77.9 Å². The van der Waals surface area contributed by atoms with Crippen LogP contribution in [0.1, 0.15) is 41.9 Å². The summed E-state index contributed by atoms with van der Waals surface area (Å²) in [6.45, 7) is 7.94. The highest BCUT2D eigenvalue weighted by Crippen LogP contribution is 2.41. The van der Waals surface area contributed by atoms with Crippen molar-refractivity contribution in [3.63, 3.8) is 0 Å². The van der Waals surface area contributed by atoms with Gasteiger partial charge in [-0.3, -0.25) is 0 Å². The third kappa shape index (κ3) is 3.72. The van der Waals surface area contributed by atoms with Crippen LogP contribution < -0.4 is 0 Å². The number of aryl methyl sites for hydroxylation is 2. The molecule has 0 heterocycles. The van der Waals surface area contributed by atoms with Crippen LogP contribution in [0.3, 0.4) is 0 Å². The zero-order valence-electron chi connectivity index (χ0n) is 15.0. The van der Waals surface area contributed by atoms with E-state index in [-0.39, 0.29) is 5.92 Å². The molecule has 2 aromatic rings. The van der Waals surface area contributed by atoms with Crippen molar-refractivity contribution in [1.29, 1.82) is 0 Å². The Morgan fingerprint density at radius 3 is 2.04 bits per heavy atom. The highest BCUT2D eigenvalue weighted by Gasteiger charge is 2.38. The van der Waals surface area contributed by atoms with Gasteiger partial charge in [-0.05, 0) is 62.6 Å². The van der Waals surface area contributed by atoms with Gasteiger partial charge in [0.1, 0.15) is 0 Å². The monoisotopic (exact) mass is 354 g/mol. The van der Waals surface area contributed by atoms with Crippen LogP contribution >= 0.6 is 0 Å². The molecule has 25 heavy (non-hydrogen) atoms. The first-order chi connectivity index (χ1) is 11.9. The van der Waals surface area contributed by atoms with Crippen LogP contribution in [0.15, 0.2) is 66.1 Å². The van der Waals surface area contributed by atoms with Crippen LogP contribution in [0, 0.1) is 19.8 Å². The van der Waals surface area contributed by atoms with Gasteiger partial charge >= 0.3 is 0 Å². The van der Waals surface area contributed by atoms with E-state index in [1.165, 1.54) is 11.1 Å². The van der Waals surface area contributed by atoms with E-state index in [1.807, 2.05) is 25.1 Å². The van der Waals surface area contributed by atoms with E-state index < -0.39 is 15.1 Å². The van der Waals surface area contributed by atoms with Crippen LogP contribution in [0.5, 0.6) is 0 Å². The summed E-state index contributed by atoms with van der Waals surface area (Å²) in [4.78, 5) is 0.430. The Bertz CT molecular complexity index is 833. The van der Waals surface area contributed by atoms with Gasteiger partial charge in [-0.2, -0.15) is 0 Å². The molecule has 1 unspecified atom stereocenters. The van der Waals surface area contributed by atoms with E-state index in [9.17, 15) is 8.42 Å². The Hall–Kier alpha value is -1.87. The summed E-state index contributed by atoms with van der Waals surface area (Å²) in [5.41, 5.74) is 3.55. The van der Waals surface area contributed by atoms with Gasteiger partial charge in [-0.15, -0.1) is 6.58 Å². The van der Waals surface area contributed by atoms with Crippen molar-refractivity contribution in [1.82, 2.24) is 0 Å². The van der Waals surface area contributed by atoms with E-state index in [2.05, 4.69) is 37.8 Å². The minimum absolute atomic E-state index is 0.0213. The smallest absolute Gasteiger partial charge is 0.181 e. The first kappa shape index (κ1) is 17.9. The van der Waals surface area contributed by atoms with Crippen LogP contribution in [-0.2, 0) is 9.84 Å². The van der Waals surface area contributed by atoms with E-state index in [0.717, 1.165) is 18.4 Å². The predicted octanol–water partition coefficient (Wildman–Crippen LogP) is 5.22. The lowest BCUT2D eigenvalue weighted by molar-refractivity contribution is 0.373. The minimum Gasteiger partial charge on any atom is -0.223 e. The maximum absolute atomic E-state index is 13.3. The van der Waals surface area contributed by atoms with Crippen molar-refractivity contribution in [3.8, 4) is 0 Å². The highest BCUT2D eigenvalue weighted by atomic mass is 32.2. The second-order valence-corrected chi connectivity index (χ2v) is 9.38. The number of allylic oxidation sites excluding steroid dienone is 1. The van der Waals surface area contributed by atoms with Gasteiger partial charge in [0.25, 0.3) is 0 Å². The van der Waals surface area contributed by atoms with Crippen LogP contribution in [0.25, 0.3) is 0 Å². The molecule has 3 heteroatoms. The number of hydrogen-bond acceptors (Lipinski definition) is 2. The van der Waals surface area contributed by atoms with Crippen molar-refractivity contribution >= 4 is 9.84 Å². The third-order valence-electron chi connectivity index (χ3n) is 5.44. The summed E-state index contributed by atoms with van der Waals surface area (Å²) in [6, 6.07) is 15.7. The zero-order chi connectivity index (χ0) is 18.0. The largest absolute Gasteiger partial charge is 0.223 e. The molecule has 3 atom stereocenters. The van der Waals surface area contributed by atoms with Crippen molar-refractivity contribution in [2.75, 3.05) is 0 Å². The number of rotatable bonds is 4. The van der Waals surface area contributed by atoms with Crippen molar-refractivity contribution in [2.45, 2.75) is 49.2 Å². The number of hydrogen-bond donors (Lipinski definition) is 0. The maximum Gasteiger partial charge on any atom is 0.181 e. The molecule has 3 rings (SSSR count). The summed E-state index contributed by atoms with van der Waals surface area (Å²) in [5.74, 6) is 0.315. The average Bonchev–Trinajstić information content (AvgIpc) is 2.62. The predicted molar refractivity (Wildman–Crippen MR) is 104 cm³/mol. The summed E-state index contributed by atoms with van der Waals surface area (Å²) < 4.78 is 26.5. The molecule has 0 aliphatic heterocycles. The lowest BCUT2D eigenvalue weighted by atomic mass is 9.78. The van der Waals surface area contributed by atoms with Crippen molar-refractivity contribution in [2.24, 2.45) is 5.92 Å². The van der Waals surface area contributed by atoms with E-state index >= 15 is 0 Å². The fraction of sp³-hybridized carbons (Fsp3) is 0.364. The molecule has 0 spiro atoms. The molecule has 0 radical (unpaired) electrons. The van der Waals surface area contributed by atoms with Crippen molar-refractivity contribution < 1.29 is 8.42 Å². The molecule has 1 aliphatic carbocycles. The lowest BCUT2D eigenvalue weighted by Crippen LogP contribution is -2.34. The minimum atomic E-state index is -3.36. The fourth-order valence-electron chi connectivity index (χ4n) is 3.82. The topological polar surface area (TPSA) is 34.1 Å². The number of sulfone groups is 1. The SMILES string of the molecule is C=C[C@@H]1CC[C@H](c2ccc(C)cc2)CC1S(=O)(=O)c1ccc(C)cc1. The standard InChI is InChI=1S/C22H26O2S/c1-4-18-11-12-20(19-9-5-16(2)6-10-19)15-22(18)25(23,24)21-13-7-17(3)8-14-21/h4-10,13-14,18,20,22H,1,11-12,15H2,2-3H3/t18-,20+,22?/m1/s1. The Morgan fingerprint density at radius 1 is 0.920 bits per heavy atom. The van der Waals surface area contributed by atoms with Gasteiger partial charge in [0.05, 0.1) is 10.1 Å². The molecule has 0 amide bonds. The van der Waals surface area contributed by atoms with Gasteiger partial charge in [-0.25, -0.2) is 8.42 Å². The second kappa shape index (κ2) is 7.17. The first-order valence-corrected chi connectivity index (χ1v) is 10.5. The van der Waals surface area contributed by atoms with Gasteiger partial charge < -0.3 is 0 Å². The molecular formula is C22H26O2S.